The average molecular weight is 197 g/mol. The first-order chi connectivity index (χ1) is 6.09. The Kier molecular flexibility index (Phi) is 3.49. The Hall–Kier alpha value is -0.820. The highest BCUT2D eigenvalue weighted by Crippen LogP contribution is 2.20. The van der Waals surface area contributed by atoms with Crippen molar-refractivity contribution in [2.45, 2.75) is 26.2 Å². The monoisotopic (exact) mass is 196 g/mol. The van der Waals surface area contributed by atoms with E-state index >= 15 is 0 Å². The molecule has 0 N–H and O–H groups in total. The third-order valence-corrected chi connectivity index (χ3v) is 2.27. The summed E-state index contributed by atoms with van der Waals surface area (Å²) in [5.74, 6) is 0.214. The van der Waals surface area contributed by atoms with Crippen LogP contribution in [0.25, 0.3) is 0 Å². The van der Waals surface area contributed by atoms with Gasteiger partial charge < -0.3 is 0 Å². The van der Waals surface area contributed by atoms with E-state index in [1.54, 1.807) is 0 Å². The second-order valence-corrected chi connectivity index (χ2v) is 3.79. The highest BCUT2D eigenvalue weighted by molar-refractivity contribution is 6.63. The van der Waals surface area contributed by atoms with Gasteiger partial charge in [0, 0.05) is 6.42 Å². The van der Waals surface area contributed by atoms with Crippen molar-refractivity contribution < 1.29 is 4.79 Å². The van der Waals surface area contributed by atoms with E-state index in [2.05, 4.69) is 0 Å². The molecule has 0 saturated carbocycles. The van der Waals surface area contributed by atoms with E-state index in [1.165, 1.54) is 11.1 Å². The number of halogens is 1. The SMILES string of the molecule is Cc1ccc([C@@H](C)CC(=O)Cl)cc1. The van der Waals surface area contributed by atoms with Crippen LogP contribution in [0.3, 0.4) is 0 Å². The summed E-state index contributed by atoms with van der Waals surface area (Å²) in [6.45, 7) is 4.05. The molecule has 70 valence electrons. The summed E-state index contributed by atoms with van der Waals surface area (Å²) in [6.07, 6.45) is 0.407. The molecule has 2 heteroatoms. The van der Waals surface area contributed by atoms with Crippen LogP contribution < -0.4 is 0 Å². The van der Waals surface area contributed by atoms with Crippen LogP contribution in [0.2, 0.25) is 0 Å². The molecule has 0 amide bonds. The molecule has 0 fully saturated rings. The molecular weight excluding hydrogens is 184 g/mol. The first-order valence-corrected chi connectivity index (χ1v) is 4.72. The summed E-state index contributed by atoms with van der Waals surface area (Å²) in [4.78, 5) is 10.7. The molecule has 0 unspecified atom stereocenters. The molecule has 0 aliphatic rings. The summed E-state index contributed by atoms with van der Waals surface area (Å²) in [7, 11) is 0. The van der Waals surface area contributed by atoms with Gasteiger partial charge in [-0.15, -0.1) is 0 Å². The van der Waals surface area contributed by atoms with Crippen molar-refractivity contribution in [3.8, 4) is 0 Å². The predicted molar refractivity (Wildman–Crippen MR) is 55.1 cm³/mol. The van der Waals surface area contributed by atoms with Gasteiger partial charge in [0.05, 0.1) is 0 Å². The largest absolute Gasteiger partial charge is 0.281 e. The lowest BCUT2D eigenvalue weighted by Gasteiger charge is -2.08. The molecule has 0 bridgehead atoms. The molecule has 0 saturated heterocycles. The van der Waals surface area contributed by atoms with Crippen LogP contribution in [0, 0.1) is 6.92 Å². The molecule has 1 rings (SSSR count). The Balaban J connectivity index is 2.71. The Labute approximate surface area is 83.7 Å². The fourth-order valence-corrected chi connectivity index (χ4v) is 1.49. The number of hydrogen-bond donors (Lipinski definition) is 0. The van der Waals surface area contributed by atoms with Gasteiger partial charge >= 0.3 is 0 Å². The van der Waals surface area contributed by atoms with Crippen LogP contribution in [-0.4, -0.2) is 5.24 Å². The maximum absolute atomic E-state index is 10.7. The topological polar surface area (TPSA) is 17.1 Å². The van der Waals surface area contributed by atoms with Crippen molar-refractivity contribution in [2.24, 2.45) is 0 Å². The van der Waals surface area contributed by atoms with Crippen LogP contribution in [0.5, 0.6) is 0 Å². The molecule has 1 nitrogen and oxygen atoms in total. The standard InChI is InChI=1S/C11H13ClO/c1-8-3-5-10(6-4-8)9(2)7-11(12)13/h3-6,9H,7H2,1-2H3/t9-/m0/s1. The lowest BCUT2D eigenvalue weighted by molar-refractivity contribution is -0.111. The molecule has 13 heavy (non-hydrogen) atoms. The van der Waals surface area contributed by atoms with Crippen LogP contribution in [0.15, 0.2) is 24.3 Å². The molecule has 1 atom stereocenters. The molecule has 0 spiro atoms. The highest BCUT2D eigenvalue weighted by atomic mass is 35.5. The number of carbonyl (C=O) groups is 1. The van der Waals surface area contributed by atoms with Gasteiger partial charge in [0.15, 0.2) is 0 Å². The molecule has 0 aliphatic carbocycles. The third kappa shape index (κ3) is 3.19. The van der Waals surface area contributed by atoms with Gasteiger partial charge in [0.2, 0.25) is 5.24 Å². The van der Waals surface area contributed by atoms with E-state index in [1.807, 2.05) is 38.1 Å². The second-order valence-electron chi connectivity index (χ2n) is 3.37. The first kappa shape index (κ1) is 10.3. The number of benzene rings is 1. The zero-order chi connectivity index (χ0) is 9.84. The maximum Gasteiger partial charge on any atom is 0.222 e. The normalized spacial score (nSPS) is 12.5. The van der Waals surface area contributed by atoms with Crippen molar-refractivity contribution in [1.82, 2.24) is 0 Å². The lowest BCUT2D eigenvalue weighted by atomic mass is 9.98. The highest BCUT2D eigenvalue weighted by Gasteiger charge is 2.08. The van der Waals surface area contributed by atoms with Crippen LogP contribution in [0.4, 0.5) is 0 Å². The summed E-state index contributed by atoms with van der Waals surface area (Å²) < 4.78 is 0. The zero-order valence-corrected chi connectivity index (χ0v) is 8.64. The second kappa shape index (κ2) is 4.43. The minimum absolute atomic E-state index is 0.214. The van der Waals surface area contributed by atoms with Gasteiger partial charge in [0.1, 0.15) is 0 Å². The van der Waals surface area contributed by atoms with E-state index in [0.29, 0.717) is 6.42 Å². The third-order valence-electron chi connectivity index (χ3n) is 2.11. The molecule has 1 aromatic carbocycles. The van der Waals surface area contributed by atoms with E-state index in [9.17, 15) is 4.79 Å². The van der Waals surface area contributed by atoms with Gasteiger partial charge in [-0.1, -0.05) is 36.8 Å². The smallest absolute Gasteiger partial charge is 0.222 e. The van der Waals surface area contributed by atoms with E-state index in [4.69, 9.17) is 11.6 Å². The van der Waals surface area contributed by atoms with Crippen LogP contribution >= 0.6 is 11.6 Å². The Morgan fingerprint density at radius 2 is 1.92 bits per heavy atom. The van der Waals surface area contributed by atoms with Gasteiger partial charge in [-0.3, -0.25) is 4.79 Å². The number of rotatable bonds is 3. The fourth-order valence-electron chi connectivity index (χ4n) is 1.25. The molecular formula is C11H13ClO. The summed E-state index contributed by atoms with van der Waals surface area (Å²) >= 11 is 5.31. The van der Waals surface area contributed by atoms with Crippen molar-refractivity contribution in [1.29, 1.82) is 0 Å². The maximum atomic E-state index is 10.7. The van der Waals surface area contributed by atoms with Gasteiger partial charge in [-0.25, -0.2) is 0 Å². The Morgan fingerprint density at radius 3 is 2.38 bits per heavy atom. The summed E-state index contributed by atoms with van der Waals surface area (Å²) in [5, 5.41) is -0.270. The number of hydrogen-bond acceptors (Lipinski definition) is 1. The van der Waals surface area contributed by atoms with Crippen LogP contribution in [0.1, 0.15) is 30.4 Å². The van der Waals surface area contributed by atoms with Crippen LogP contribution in [-0.2, 0) is 4.79 Å². The minimum atomic E-state index is -0.270. The van der Waals surface area contributed by atoms with Gasteiger partial charge in [-0.05, 0) is 30.0 Å². The number of aryl methyl sites for hydroxylation is 1. The average Bonchev–Trinajstić information content (AvgIpc) is 2.04. The Bertz CT molecular complexity index is 289. The van der Waals surface area contributed by atoms with Gasteiger partial charge in [0.25, 0.3) is 0 Å². The molecule has 0 aliphatic heterocycles. The summed E-state index contributed by atoms with van der Waals surface area (Å²) in [6, 6.07) is 8.18. The van der Waals surface area contributed by atoms with E-state index < -0.39 is 0 Å². The van der Waals surface area contributed by atoms with Crippen molar-refractivity contribution in [3.05, 3.63) is 35.4 Å². The molecule has 0 heterocycles. The minimum Gasteiger partial charge on any atom is -0.281 e. The van der Waals surface area contributed by atoms with Crippen molar-refractivity contribution in [3.63, 3.8) is 0 Å². The number of carbonyl (C=O) groups excluding carboxylic acids is 1. The van der Waals surface area contributed by atoms with E-state index in [0.717, 1.165) is 0 Å². The Morgan fingerprint density at radius 1 is 1.38 bits per heavy atom. The zero-order valence-electron chi connectivity index (χ0n) is 7.88. The molecule has 0 aromatic heterocycles. The van der Waals surface area contributed by atoms with E-state index in [-0.39, 0.29) is 11.2 Å². The predicted octanol–water partition coefficient (Wildman–Crippen LogP) is 3.25. The molecule has 0 radical (unpaired) electrons. The molecule has 1 aromatic rings. The quantitative estimate of drug-likeness (QED) is 0.679. The summed E-state index contributed by atoms with van der Waals surface area (Å²) in [5.41, 5.74) is 2.40. The van der Waals surface area contributed by atoms with Gasteiger partial charge in [-0.2, -0.15) is 0 Å². The van der Waals surface area contributed by atoms with Crippen molar-refractivity contribution in [2.75, 3.05) is 0 Å². The first-order valence-electron chi connectivity index (χ1n) is 4.34. The lowest BCUT2D eigenvalue weighted by Crippen LogP contribution is -1.98. The van der Waals surface area contributed by atoms with Crippen molar-refractivity contribution >= 4 is 16.8 Å². The fraction of sp³-hybridized carbons (Fsp3) is 0.364.